The van der Waals surface area contributed by atoms with Gasteiger partial charge in [0.05, 0.1) is 12.0 Å². The largest absolute Gasteiger partial charge is 0.391 e. The number of aromatic nitrogens is 1. The molecule has 1 aromatic rings. The third kappa shape index (κ3) is 3.01. The normalized spacial score (nSPS) is 29.8. The van der Waals surface area contributed by atoms with E-state index in [0.717, 1.165) is 18.5 Å². The number of hydrogen-bond donors (Lipinski definition) is 1. The molecular weight excluding hydrogens is 293 g/mol. The Bertz CT molecular complexity index is 512. The number of likely N-dealkylation sites (tertiary alicyclic amines) is 1. The zero-order valence-corrected chi connectivity index (χ0v) is 12.4. The highest BCUT2D eigenvalue weighted by Crippen LogP contribution is 2.42. The topological polar surface area (TPSA) is 36.1 Å². The SMILES string of the molecule is O=C([C@@H]1CCC[C@@H](C(F)(F)F)C1)N1CCC[C@@H]1c1ccc[nH]1. The number of rotatable bonds is 2. The van der Waals surface area contributed by atoms with Crippen LogP contribution < -0.4 is 0 Å². The third-order valence-corrected chi connectivity index (χ3v) is 5.00. The number of nitrogens with one attached hydrogen (secondary N) is 1. The molecule has 1 aliphatic carbocycles. The van der Waals surface area contributed by atoms with Crippen LogP contribution in [0.25, 0.3) is 0 Å². The maximum Gasteiger partial charge on any atom is 0.391 e. The van der Waals surface area contributed by atoms with Crippen molar-refractivity contribution in [3.05, 3.63) is 24.0 Å². The lowest BCUT2D eigenvalue weighted by Crippen LogP contribution is -2.40. The van der Waals surface area contributed by atoms with Crippen LogP contribution in [0.15, 0.2) is 18.3 Å². The van der Waals surface area contributed by atoms with Crippen LogP contribution in [0.2, 0.25) is 0 Å². The number of H-pyrrole nitrogens is 1. The zero-order valence-electron chi connectivity index (χ0n) is 12.4. The fraction of sp³-hybridized carbons (Fsp3) is 0.688. The van der Waals surface area contributed by atoms with Gasteiger partial charge in [-0.3, -0.25) is 4.79 Å². The van der Waals surface area contributed by atoms with Gasteiger partial charge in [-0.2, -0.15) is 13.2 Å². The first kappa shape index (κ1) is 15.4. The van der Waals surface area contributed by atoms with Crippen LogP contribution in [0.5, 0.6) is 0 Å². The maximum atomic E-state index is 12.9. The summed E-state index contributed by atoms with van der Waals surface area (Å²) in [5, 5.41) is 0. The van der Waals surface area contributed by atoms with Crippen LogP contribution in [0.3, 0.4) is 0 Å². The predicted octanol–water partition coefficient (Wildman–Crippen LogP) is 4.05. The van der Waals surface area contributed by atoms with E-state index in [9.17, 15) is 18.0 Å². The minimum Gasteiger partial charge on any atom is -0.363 e. The molecule has 0 aromatic carbocycles. The monoisotopic (exact) mass is 314 g/mol. The van der Waals surface area contributed by atoms with Gasteiger partial charge in [-0.15, -0.1) is 0 Å². The highest BCUT2D eigenvalue weighted by Gasteiger charge is 2.45. The molecule has 2 fully saturated rings. The lowest BCUT2D eigenvalue weighted by Gasteiger charge is -2.34. The molecule has 0 bridgehead atoms. The quantitative estimate of drug-likeness (QED) is 0.878. The molecule has 3 nitrogen and oxygen atoms in total. The second-order valence-corrected chi connectivity index (χ2v) is 6.42. The van der Waals surface area contributed by atoms with E-state index in [4.69, 9.17) is 0 Å². The summed E-state index contributed by atoms with van der Waals surface area (Å²) >= 11 is 0. The molecule has 22 heavy (non-hydrogen) atoms. The molecule has 1 aliphatic heterocycles. The molecular formula is C16H21F3N2O. The molecule has 1 N–H and O–H groups in total. The Morgan fingerprint density at radius 3 is 2.73 bits per heavy atom. The van der Waals surface area contributed by atoms with Crippen LogP contribution in [0.4, 0.5) is 13.2 Å². The first-order chi connectivity index (χ1) is 10.5. The number of halogens is 3. The Hall–Kier alpha value is -1.46. The number of hydrogen-bond acceptors (Lipinski definition) is 1. The molecule has 0 radical (unpaired) electrons. The molecule has 122 valence electrons. The highest BCUT2D eigenvalue weighted by molar-refractivity contribution is 5.79. The molecule has 1 aromatic heterocycles. The Kier molecular flexibility index (Phi) is 4.19. The molecule has 0 spiro atoms. The van der Waals surface area contributed by atoms with E-state index in [1.165, 1.54) is 0 Å². The Balaban J connectivity index is 1.70. The van der Waals surface area contributed by atoms with Crippen molar-refractivity contribution in [2.75, 3.05) is 6.54 Å². The van der Waals surface area contributed by atoms with Crippen molar-refractivity contribution >= 4 is 5.91 Å². The smallest absolute Gasteiger partial charge is 0.363 e. The van der Waals surface area contributed by atoms with E-state index >= 15 is 0 Å². The number of nitrogens with zero attached hydrogens (tertiary/aromatic N) is 1. The van der Waals surface area contributed by atoms with E-state index in [0.29, 0.717) is 19.4 Å². The van der Waals surface area contributed by atoms with E-state index in [1.807, 2.05) is 18.3 Å². The molecule has 6 heteroatoms. The summed E-state index contributed by atoms with van der Waals surface area (Å²) in [4.78, 5) is 17.6. The van der Waals surface area contributed by atoms with Crippen LogP contribution in [-0.2, 0) is 4.79 Å². The Morgan fingerprint density at radius 2 is 2.05 bits per heavy atom. The second kappa shape index (κ2) is 5.97. The lowest BCUT2D eigenvalue weighted by molar-refractivity contribution is -0.187. The van der Waals surface area contributed by atoms with Crippen molar-refractivity contribution in [3.8, 4) is 0 Å². The zero-order chi connectivity index (χ0) is 15.7. The average Bonchev–Trinajstić information content (AvgIpc) is 3.16. The van der Waals surface area contributed by atoms with Crippen molar-refractivity contribution in [3.63, 3.8) is 0 Å². The van der Waals surface area contributed by atoms with Gasteiger partial charge < -0.3 is 9.88 Å². The summed E-state index contributed by atoms with van der Waals surface area (Å²) in [5.41, 5.74) is 0.981. The fourth-order valence-electron chi connectivity index (χ4n) is 3.85. The van der Waals surface area contributed by atoms with Crippen molar-refractivity contribution in [1.29, 1.82) is 0 Å². The molecule has 2 heterocycles. The molecule has 1 amide bonds. The van der Waals surface area contributed by atoms with Gasteiger partial charge in [0, 0.05) is 24.4 Å². The molecule has 1 saturated carbocycles. The van der Waals surface area contributed by atoms with Crippen molar-refractivity contribution in [1.82, 2.24) is 9.88 Å². The first-order valence-electron chi connectivity index (χ1n) is 7.97. The van der Waals surface area contributed by atoms with Gasteiger partial charge in [0.1, 0.15) is 0 Å². The Labute approximate surface area is 127 Å². The summed E-state index contributed by atoms with van der Waals surface area (Å²) in [6, 6.07) is 3.82. The van der Waals surface area contributed by atoms with Crippen molar-refractivity contribution < 1.29 is 18.0 Å². The summed E-state index contributed by atoms with van der Waals surface area (Å²) in [5.74, 6) is -1.89. The summed E-state index contributed by atoms with van der Waals surface area (Å²) in [7, 11) is 0. The maximum absolute atomic E-state index is 12.9. The fourth-order valence-corrected chi connectivity index (χ4v) is 3.85. The van der Waals surface area contributed by atoms with E-state index in [-0.39, 0.29) is 24.8 Å². The number of carbonyl (C=O) groups is 1. The van der Waals surface area contributed by atoms with Gasteiger partial charge >= 0.3 is 6.18 Å². The van der Waals surface area contributed by atoms with Gasteiger partial charge in [-0.1, -0.05) is 6.42 Å². The highest BCUT2D eigenvalue weighted by atomic mass is 19.4. The molecule has 2 aliphatic rings. The predicted molar refractivity (Wildman–Crippen MR) is 76.0 cm³/mol. The molecule has 1 saturated heterocycles. The number of carbonyl (C=O) groups excluding carboxylic acids is 1. The van der Waals surface area contributed by atoms with Gasteiger partial charge in [-0.25, -0.2) is 0 Å². The summed E-state index contributed by atoms with van der Waals surface area (Å²) in [6.07, 6.45) is 0.608. The van der Waals surface area contributed by atoms with Crippen molar-refractivity contribution in [2.24, 2.45) is 11.8 Å². The van der Waals surface area contributed by atoms with Crippen molar-refractivity contribution in [2.45, 2.75) is 50.7 Å². The minimum atomic E-state index is -4.18. The second-order valence-electron chi connectivity index (χ2n) is 6.42. The van der Waals surface area contributed by atoms with Crippen LogP contribution in [-0.4, -0.2) is 28.5 Å². The lowest BCUT2D eigenvalue weighted by atomic mass is 9.80. The number of aromatic amines is 1. The Morgan fingerprint density at radius 1 is 1.23 bits per heavy atom. The third-order valence-electron chi connectivity index (χ3n) is 5.00. The number of alkyl halides is 3. The van der Waals surface area contributed by atoms with Gasteiger partial charge in [0.25, 0.3) is 0 Å². The van der Waals surface area contributed by atoms with E-state index in [1.54, 1.807) is 4.90 Å². The standard InChI is InChI=1S/C16H21F3N2O/c17-16(18,19)12-5-1-4-11(10-12)15(22)21-9-3-7-14(21)13-6-2-8-20-13/h2,6,8,11-12,14,20H,1,3-5,7,9-10H2/t11-,12-,14-/m1/s1. The van der Waals surface area contributed by atoms with E-state index < -0.39 is 18.0 Å². The van der Waals surface area contributed by atoms with Gasteiger partial charge in [-0.05, 0) is 44.2 Å². The summed E-state index contributed by atoms with van der Waals surface area (Å²) < 4.78 is 38.8. The first-order valence-corrected chi connectivity index (χ1v) is 7.97. The van der Waals surface area contributed by atoms with Crippen LogP contribution >= 0.6 is 0 Å². The molecule has 3 rings (SSSR count). The van der Waals surface area contributed by atoms with Gasteiger partial charge in [0.15, 0.2) is 0 Å². The summed E-state index contributed by atoms with van der Waals surface area (Å²) in [6.45, 7) is 0.649. The number of amides is 1. The van der Waals surface area contributed by atoms with Crippen LogP contribution in [0.1, 0.15) is 50.3 Å². The minimum absolute atomic E-state index is 0.00577. The van der Waals surface area contributed by atoms with Crippen LogP contribution in [0, 0.1) is 11.8 Å². The molecule has 0 unspecified atom stereocenters. The average molecular weight is 314 g/mol. The molecule has 3 atom stereocenters. The van der Waals surface area contributed by atoms with E-state index in [2.05, 4.69) is 4.98 Å². The van der Waals surface area contributed by atoms with Gasteiger partial charge in [0.2, 0.25) is 5.91 Å².